The average Bonchev–Trinajstić information content (AvgIpc) is 1.85. The first-order chi connectivity index (χ1) is 4.31. The molecule has 0 aliphatic rings. The molecule has 0 aromatic rings. The fourth-order valence-corrected chi connectivity index (χ4v) is 1.96. The summed E-state index contributed by atoms with van der Waals surface area (Å²) in [5.74, 6) is 1.78. The van der Waals surface area contributed by atoms with E-state index < -0.39 is 0 Å². The topological polar surface area (TPSA) is 12.4 Å². The molecule has 1 atom stereocenters. The molecule has 0 aromatic heterocycles. The maximum Gasteiger partial charge on any atom is 0.0273 e. The monoisotopic (exact) mass is 163 g/mol. The van der Waals surface area contributed by atoms with Crippen LogP contribution in [0.15, 0.2) is 4.99 Å². The van der Waals surface area contributed by atoms with Gasteiger partial charge in [-0.2, -0.15) is 0 Å². The van der Waals surface area contributed by atoms with Crippen LogP contribution >= 0.6 is 21.6 Å². The molecule has 9 heavy (non-hydrogen) atoms. The lowest BCUT2D eigenvalue weighted by Crippen LogP contribution is -1.97. The van der Waals surface area contributed by atoms with E-state index in [0.717, 1.165) is 0 Å². The van der Waals surface area contributed by atoms with Crippen molar-refractivity contribution < 1.29 is 0 Å². The van der Waals surface area contributed by atoms with E-state index in [1.165, 1.54) is 5.75 Å². The van der Waals surface area contributed by atoms with Gasteiger partial charge in [-0.05, 0) is 6.26 Å². The third-order valence-electron chi connectivity index (χ3n) is 0.852. The molecular weight excluding hydrogens is 150 g/mol. The fraction of sp³-hybridized carbons (Fsp3) is 0.833. The summed E-state index contributed by atoms with van der Waals surface area (Å²) in [4.78, 5) is 3.94. The lowest BCUT2D eigenvalue weighted by atomic mass is 10.2. The quantitative estimate of drug-likeness (QED) is 0.466. The lowest BCUT2D eigenvalue weighted by molar-refractivity contribution is 0.924. The molecule has 0 aliphatic carbocycles. The van der Waals surface area contributed by atoms with E-state index in [2.05, 4.69) is 18.2 Å². The average molecular weight is 163 g/mol. The number of rotatable bonds is 4. The van der Waals surface area contributed by atoms with Crippen molar-refractivity contribution in [2.24, 2.45) is 10.9 Å². The van der Waals surface area contributed by atoms with Gasteiger partial charge in [0.15, 0.2) is 0 Å². The fourth-order valence-electron chi connectivity index (χ4n) is 0.473. The maximum absolute atomic E-state index is 3.94. The molecule has 0 amide bonds. The molecule has 0 saturated heterocycles. The zero-order chi connectivity index (χ0) is 7.11. The van der Waals surface area contributed by atoms with Crippen molar-refractivity contribution in [1.29, 1.82) is 0 Å². The summed E-state index contributed by atoms with van der Waals surface area (Å²) in [6.45, 7) is 2.18. The molecule has 0 heterocycles. The van der Waals surface area contributed by atoms with Gasteiger partial charge in [-0.15, -0.1) is 0 Å². The molecule has 0 aliphatic heterocycles. The van der Waals surface area contributed by atoms with Crippen molar-refractivity contribution in [3.05, 3.63) is 0 Å². The van der Waals surface area contributed by atoms with Gasteiger partial charge in [0.25, 0.3) is 0 Å². The summed E-state index contributed by atoms with van der Waals surface area (Å²) in [5, 5.41) is 0. The van der Waals surface area contributed by atoms with E-state index in [1.807, 2.05) is 34.9 Å². The minimum atomic E-state index is 0.618. The Morgan fingerprint density at radius 2 is 2.33 bits per heavy atom. The molecule has 0 radical (unpaired) electrons. The van der Waals surface area contributed by atoms with Gasteiger partial charge in [-0.3, -0.25) is 0 Å². The molecule has 0 fully saturated rings. The number of aliphatic imine (C=N–C) groups is 1. The van der Waals surface area contributed by atoms with Crippen LogP contribution in [0.3, 0.4) is 0 Å². The molecule has 0 saturated carbocycles. The third-order valence-corrected chi connectivity index (χ3v) is 2.87. The van der Waals surface area contributed by atoms with Crippen molar-refractivity contribution in [2.75, 3.05) is 19.1 Å². The zero-order valence-electron chi connectivity index (χ0n) is 6.13. The van der Waals surface area contributed by atoms with Crippen LogP contribution in [-0.2, 0) is 0 Å². The SMILES string of the molecule is CN=CC(C)CSSC. The predicted octanol–water partition coefficient (Wildman–Crippen LogP) is 2.33. The Kier molecular flexibility index (Phi) is 6.76. The highest BCUT2D eigenvalue weighted by Crippen LogP contribution is 2.19. The summed E-state index contributed by atoms with van der Waals surface area (Å²) in [6, 6.07) is 0. The first-order valence-corrected chi connectivity index (χ1v) is 5.62. The molecule has 1 unspecified atom stereocenters. The molecule has 1 nitrogen and oxygen atoms in total. The molecule has 0 N–H and O–H groups in total. The first kappa shape index (κ1) is 9.37. The zero-order valence-corrected chi connectivity index (χ0v) is 7.76. The minimum Gasteiger partial charge on any atom is -0.301 e. The van der Waals surface area contributed by atoms with Gasteiger partial charge in [-0.1, -0.05) is 28.5 Å². The Balaban J connectivity index is 3.15. The van der Waals surface area contributed by atoms with Gasteiger partial charge in [0, 0.05) is 24.9 Å². The van der Waals surface area contributed by atoms with Gasteiger partial charge >= 0.3 is 0 Å². The Bertz CT molecular complexity index is 83.1. The number of nitrogens with zero attached hydrogens (tertiary/aromatic N) is 1. The summed E-state index contributed by atoms with van der Waals surface area (Å²) in [5.41, 5.74) is 0. The minimum absolute atomic E-state index is 0.618. The Hall–Kier alpha value is 0.370. The van der Waals surface area contributed by atoms with Gasteiger partial charge in [0.05, 0.1) is 0 Å². The molecule has 0 rings (SSSR count). The molecule has 0 aromatic carbocycles. The third kappa shape index (κ3) is 6.25. The van der Waals surface area contributed by atoms with Crippen LogP contribution in [0.25, 0.3) is 0 Å². The van der Waals surface area contributed by atoms with Crippen LogP contribution in [0, 0.1) is 5.92 Å². The maximum atomic E-state index is 3.94. The van der Waals surface area contributed by atoms with Crippen molar-refractivity contribution in [2.45, 2.75) is 6.92 Å². The van der Waals surface area contributed by atoms with Gasteiger partial charge < -0.3 is 4.99 Å². The van der Waals surface area contributed by atoms with Crippen LogP contribution in [0.1, 0.15) is 6.92 Å². The van der Waals surface area contributed by atoms with Crippen molar-refractivity contribution in [3.8, 4) is 0 Å². The summed E-state index contributed by atoms with van der Waals surface area (Å²) >= 11 is 0. The van der Waals surface area contributed by atoms with E-state index in [9.17, 15) is 0 Å². The van der Waals surface area contributed by atoms with Crippen molar-refractivity contribution >= 4 is 27.8 Å². The van der Waals surface area contributed by atoms with Crippen LogP contribution in [-0.4, -0.2) is 25.3 Å². The van der Waals surface area contributed by atoms with E-state index in [-0.39, 0.29) is 0 Å². The highest BCUT2D eigenvalue weighted by molar-refractivity contribution is 8.76. The number of hydrogen-bond acceptors (Lipinski definition) is 3. The van der Waals surface area contributed by atoms with E-state index in [4.69, 9.17) is 0 Å². The summed E-state index contributed by atoms with van der Waals surface area (Å²) in [6.07, 6.45) is 4.09. The lowest BCUT2D eigenvalue weighted by Gasteiger charge is -2.00. The number of hydrogen-bond donors (Lipinski definition) is 0. The molecule has 3 heteroatoms. The van der Waals surface area contributed by atoms with E-state index >= 15 is 0 Å². The summed E-state index contributed by atoms with van der Waals surface area (Å²) < 4.78 is 0. The van der Waals surface area contributed by atoms with Crippen molar-refractivity contribution in [1.82, 2.24) is 0 Å². The van der Waals surface area contributed by atoms with Gasteiger partial charge in [0.1, 0.15) is 0 Å². The van der Waals surface area contributed by atoms with Gasteiger partial charge in [0.2, 0.25) is 0 Å². The van der Waals surface area contributed by atoms with Crippen LogP contribution in [0.2, 0.25) is 0 Å². The van der Waals surface area contributed by atoms with E-state index in [1.54, 1.807) is 0 Å². The highest BCUT2D eigenvalue weighted by Gasteiger charge is 1.94. The molecule has 54 valence electrons. The second-order valence-electron chi connectivity index (χ2n) is 1.84. The van der Waals surface area contributed by atoms with Crippen molar-refractivity contribution in [3.63, 3.8) is 0 Å². The molecule has 0 spiro atoms. The van der Waals surface area contributed by atoms with Gasteiger partial charge in [-0.25, -0.2) is 0 Å². The molecule has 0 bridgehead atoms. The first-order valence-electron chi connectivity index (χ1n) is 2.89. The Morgan fingerprint density at radius 3 is 2.78 bits per heavy atom. The normalized spacial score (nSPS) is 14.6. The predicted molar refractivity (Wildman–Crippen MR) is 49.6 cm³/mol. The van der Waals surface area contributed by atoms with Crippen LogP contribution in [0.5, 0.6) is 0 Å². The standard InChI is InChI=1S/C6H13NS2/c1-6(4-7-2)5-9-8-3/h4,6H,5H2,1-3H3. The second-order valence-corrected chi connectivity index (χ2v) is 4.45. The van der Waals surface area contributed by atoms with Crippen LogP contribution in [0.4, 0.5) is 0 Å². The van der Waals surface area contributed by atoms with Crippen LogP contribution < -0.4 is 0 Å². The second kappa shape index (κ2) is 6.49. The Labute approximate surface area is 65.1 Å². The highest BCUT2D eigenvalue weighted by atomic mass is 33.1. The smallest absolute Gasteiger partial charge is 0.0273 e. The largest absolute Gasteiger partial charge is 0.301 e. The molecular formula is C6H13NS2. The van der Waals surface area contributed by atoms with E-state index in [0.29, 0.717) is 5.92 Å². The summed E-state index contributed by atoms with van der Waals surface area (Å²) in [7, 11) is 5.51. The Morgan fingerprint density at radius 1 is 1.67 bits per heavy atom.